The molecular formula is C28H40O3. The number of allylic oxidation sites excluding steroid dienone is 2. The van der Waals surface area contributed by atoms with E-state index in [4.69, 9.17) is 4.74 Å². The van der Waals surface area contributed by atoms with Crippen LogP contribution >= 0.6 is 0 Å². The average molecular weight is 425 g/mol. The fraction of sp³-hybridized carbons (Fsp3) is 0.536. The number of esters is 1. The van der Waals surface area contributed by atoms with E-state index in [2.05, 4.69) is 19.1 Å². The Kier molecular flexibility index (Phi) is 12.7. The maximum Gasteiger partial charge on any atom is 0.311 e. The maximum absolute atomic E-state index is 12.1. The van der Waals surface area contributed by atoms with Crippen molar-refractivity contribution in [1.29, 1.82) is 0 Å². The third-order valence-corrected chi connectivity index (χ3v) is 5.68. The largest absolute Gasteiger partial charge is 0.427 e. The summed E-state index contributed by atoms with van der Waals surface area (Å²) in [6, 6.07) is 13.8. The van der Waals surface area contributed by atoms with Gasteiger partial charge in [0.15, 0.2) is 0 Å². The molecule has 0 unspecified atom stereocenters. The van der Waals surface area contributed by atoms with Crippen LogP contribution in [0.1, 0.15) is 90.4 Å². The minimum atomic E-state index is -0.183. The first-order chi connectivity index (χ1) is 15.2. The minimum absolute atomic E-state index is 0.159. The van der Waals surface area contributed by atoms with E-state index in [0.29, 0.717) is 12.2 Å². The first kappa shape index (κ1) is 25.1. The van der Waals surface area contributed by atoms with E-state index in [0.717, 1.165) is 62.1 Å². The number of aliphatic hydroxyl groups excluding tert-OH is 1. The van der Waals surface area contributed by atoms with Gasteiger partial charge in [-0.3, -0.25) is 4.79 Å². The van der Waals surface area contributed by atoms with Crippen LogP contribution in [-0.4, -0.2) is 17.2 Å². The molecule has 0 saturated heterocycles. The van der Waals surface area contributed by atoms with Crippen LogP contribution in [0.4, 0.5) is 0 Å². The zero-order valence-corrected chi connectivity index (χ0v) is 19.2. The molecule has 0 aromatic heterocycles. The van der Waals surface area contributed by atoms with Crippen molar-refractivity contribution in [3.8, 4) is 5.75 Å². The smallest absolute Gasteiger partial charge is 0.311 e. The summed E-state index contributed by atoms with van der Waals surface area (Å²) in [5, 5.41) is 12.3. The monoisotopic (exact) mass is 424 g/mol. The zero-order valence-electron chi connectivity index (χ0n) is 19.2. The van der Waals surface area contributed by atoms with Crippen molar-refractivity contribution in [2.75, 3.05) is 0 Å². The fourth-order valence-corrected chi connectivity index (χ4v) is 3.77. The lowest BCUT2D eigenvalue weighted by Gasteiger charge is -2.09. The first-order valence-electron chi connectivity index (χ1n) is 12.2. The molecule has 2 rings (SSSR count). The summed E-state index contributed by atoms with van der Waals surface area (Å²) in [5.41, 5.74) is 0. The van der Waals surface area contributed by atoms with Gasteiger partial charge < -0.3 is 9.84 Å². The minimum Gasteiger partial charge on any atom is -0.427 e. The second-order valence-corrected chi connectivity index (χ2v) is 8.49. The topological polar surface area (TPSA) is 46.5 Å². The number of ether oxygens (including phenoxy) is 1. The molecule has 1 atom stereocenters. The molecule has 2 aromatic carbocycles. The molecule has 0 aliphatic carbocycles. The Morgan fingerprint density at radius 3 is 2.45 bits per heavy atom. The van der Waals surface area contributed by atoms with Crippen molar-refractivity contribution in [1.82, 2.24) is 0 Å². The molecule has 0 radical (unpaired) electrons. The molecule has 3 nitrogen and oxygen atoms in total. The molecule has 31 heavy (non-hydrogen) atoms. The molecule has 0 amide bonds. The Bertz CT molecular complexity index is 781. The Hall–Kier alpha value is -2.13. The second kappa shape index (κ2) is 15.6. The third kappa shape index (κ3) is 11.2. The molecular weight excluding hydrogens is 384 g/mol. The predicted octanol–water partition coefficient (Wildman–Crippen LogP) is 7.75. The number of fused-ring (bicyclic) bond motifs is 1. The lowest BCUT2D eigenvalue weighted by atomic mass is 10.0. The maximum atomic E-state index is 12.1. The van der Waals surface area contributed by atoms with E-state index in [9.17, 15) is 9.90 Å². The Morgan fingerprint density at radius 2 is 1.61 bits per heavy atom. The van der Waals surface area contributed by atoms with Crippen LogP contribution in [0.3, 0.4) is 0 Å². The molecule has 0 saturated carbocycles. The zero-order chi connectivity index (χ0) is 22.2. The Balaban J connectivity index is 1.46. The van der Waals surface area contributed by atoms with E-state index in [1.54, 1.807) is 0 Å². The van der Waals surface area contributed by atoms with Crippen LogP contribution in [0.5, 0.6) is 5.75 Å². The van der Waals surface area contributed by atoms with Gasteiger partial charge in [0.2, 0.25) is 0 Å². The highest BCUT2D eigenvalue weighted by atomic mass is 16.5. The molecule has 0 bridgehead atoms. The fourth-order valence-electron chi connectivity index (χ4n) is 3.77. The summed E-state index contributed by atoms with van der Waals surface area (Å²) < 4.78 is 5.48. The molecule has 1 N–H and O–H groups in total. The summed E-state index contributed by atoms with van der Waals surface area (Å²) in [6.45, 7) is 2.22. The van der Waals surface area contributed by atoms with Gasteiger partial charge in [0, 0.05) is 6.42 Å². The van der Waals surface area contributed by atoms with Crippen molar-refractivity contribution < 1.29 is 14.6 Å². The standard InChI is InChI=1S/C28H40O3/c1-2-3-4-5-6-8-11-18-26(29)19-12-9-7-10-13-20-28(30)31-27-22-21-24-16-14-15-17-25(24)23-27/h6,8,14-17,21-23,26,29H,2-5,7,9-13,18-20H2,1H3/b8-6-/t26-/m0/s1. The SMILES string of the molecule is CCCCC/C=C\CC[C@H](O)CCCCCCCC(=O)Oc1ccc2ccccc2c1. The molecule has 3 heteroatoms. The normalized spacial score (nSPS) is 12.5. The van der Waals surface area contributed by atoms with Gasteiger partial charge in [-0.1, -0.05) is 87.9 Å². The van der Waals surface area contributed by atoms with Crippen LogP contribution < -0.4 is 4.74 Å². The quantitative estimate of drug-likeness (QED) is 0.130. The van der Waals surface area contributed by atoms with Gasteiger partial charge in [0.05, 0.1) is 6.10 Å². The Morgan fingerprint density at radius 1 is 0.871 bits per heavy atom. The van der Waals surface area contributed by atoms with E-state index in [-0.39, 0.29) is 12.1 Å². The average Bonchev–Trinajstić information content (AvgIpc) is 2.77. The first-order valence-corrected chi connectivity index (χ1v) is 12.2. The third-order valence-electron chi connectivity index (χ3n) is 5.68. The van der Waals surface area contributed by atoms with E-state index >= 15 is 0 Å². The van der Waals surface area contributed by atoms with Crippen molar-refractivity contribution in [3.63, 3.8) is 0 Å². The van der Waals surface area contributed by atoms with Crippen molar-refractivity contribution in [2.45, 2.75) is 96.5 Å². The molecule has 0 fully saturated rings. The molecule has 2 aromatic rings. The van der Waals surface area contributed by atoms with Crippen LogP contribution in [0.25, 0.3) is 10.8 Å². The van der Waals surface area contributed by atoms with E-state index in [1.165, 1.54) is 25.7 Å². The number of hydrogen-bond donors (Lipinski definition) is 1. The molecule has 0 heterocycles. The van der Waals surface area contributed by atoms with Crippen LogP contribution in [0.15, 0.2) is 54.6 Å². The highest BCUT2D eigenvalue weighted by Crippen LogP contribution is 2.21. The number of aliphatic hydroxyl groups is 1. The Labute approximate surface area is 188 Å². The molecule has 0 aliphatic rings. The number of unbranched alkanes of at least 4 members (excludes halogenated alkanes) is 7. The van der Waals surface area contributed by atoms with Gasteiger partial charge in [0.25, 0.3) is 0 Å². The van der Waals surface area contributed by atoms with Crippen LogP contribution in [0, 0.1) is 0 Å². The van der Waals surface area contributed by atoms with Crippen molar-refractivity contribution >= 4 is 16.7 Å². The van der Waals surface area contributed by atoms with Gasteiger partial charge in [-0.15, -0.1) is 0 Å². The van der Waals surface area contributed by atoms with E-state index < -0.39 is 0 Å². The number of hydrogen-bond acceptors (Lipinski definition) is 3. The summed E-state index contributed by atoms with van der Waals surface area (Å²) in [7, 11) is 0. The van der Waals surface area contributed by atoms with E-state index in [1.807, 2.05) is 42.5 Å². The highest BCUT2D eigenvalue weighted by molar-refractivity contribution is 5.84. The number of carbonyl (C=O) groups is 1. The van der Waals surface area contributed by atoms with Gasteiger partial charge in [-0.25, -0.2) is 0 Å². The lowest BCUT2D eigenvalue weighted by Crippen LogP contribution is -2.07. The number of benzene rings is 2. The van der Waals surface area contributed by atoms with Gasteiger partial charge in [-0.2, -0.15) is 0 Å². The van der Waals surface area contributed by atoms with Crippen LogP contribution in [0.2, 0.25) is 0 Å². The van der Waals surface area contributed by atoms with Gasteiger partial charge in [0.1, 0.15) is 5.75 Å². The van der Waals surface area contributed by atoms with Crippen molar-refractivity contribution in [2.24, 2.45) is 0 Å². The lowest BCUT2D eigenvalue weighted by molar-refractivity contribution is -0.134. The number of rotatable bonds is 16. The summed E-state index contributed by atoms with van der Waals surface area (Å²) in [4.78, 5) is 12.1. The van der Waals surface area contributed by atoms with Crippen molar-refractivity contribution in [3.05, 3.63) is 54.6 Å². The van der Waals surface area contributed by atoms with Gasteiger partial charge in [-0.05, 0) is 61.4 Å². The second-order valence-electron chi connectivity index (χ2n) is 8.49. The molecule has 170 valence electrons. The predicted molar refractivity (Wildman–Crippen MR) is 130 cm³/mol. The van der Waals surface area contributed by atoms with Gasteiger partial charge >= 0.3 is 5.97 Å². The molecule has 0 aliphatic heterocycles. The summed E-state index contributed by atoms with van der Waals surface area (Å²) >= 11 is 0. The summed E-state index contributed by atoms with van der Waals surface area (Å²) in [5.74, 6) is 0.460. The molecule has 0 spiro atoms. The summed E-state index contributed by atoms with van der Waals surface area (Å²) in [6.07, 6.45) is 17.7. The number of carbonyl (C=O) groups excluding carboxylic acids is 1. The van der Waals surface area contributed by atoms with Crippen LogP contribution in [-0.2, 0) is 4.79 Å². The highest BCUT2D eigenvalue weighted by Gasteiger charge is 2.06.